The van der Waals surface area contributed by atoms with Gasteiger partial charge in [-0.1, -0.05) is 29.8 Å². The lowest BCUT2D eigenvalue weighted by molar-refractivity contribution is 0.105. The molecule has 0 bridgehead atoms. The lowest BCUT2D eigenvalue weighted by atomic mass is 10.1. The maximum absolute atomic E-state index is 10.3. The predicted octanol–water partition coefficient (Wildman–Crippen LogP) is 3.75. The summed E-state index contributed by atoms with van der Waals surface area (Å²) in [5.41, 5.74) is 0.681. The van der Waals surface area contributed by atoms with Gasteiger partial charge in [-0.3, -0.25) is 4.99 Å². The Hall–Kier alpha value is -1.29. The number of rotatable bonds is 10. The van der Waals surface area contributed by atoms with Gasteiger partial charge in [0.15, 0.2) is 5.96 Å². The summed E-state index contributed by atoms with van der Waals surface area (Å²) in [6, 6.07) is 11.0. The van der Waals surface area contributed by atoms with E-state index in [4.69, 9.17) is 20.8 Å². The van der Waals surface area contributed by atoms with E-state index in [0.29, 0.717) is 36.3 Å². The lowest BCUT2D eigenvalue weighted by Crippen LogP contribution is -2.38. The molecule has 1 atom stereocenters. The van der Waals surface area contributed by atoms with Crippen molar-refractivity contribution < 1.29 is 14.3 Å². The number of hydrogen-bond donors (Lipinski definition) is 3. The fourth-order valence-electron chi connectivity index (χ4n) is 2.31. The minimum absolute atomic E-state index is 0. The van der Waals surface area contributed by atoms with E-state index in [-0.39, 0.29) is 30.5 Å². The molecule has 0 aliphatic rings. The fraction of sp³-hybridized carbons (Fsp3) is 0.421. The number of halogens is 2. The predicted molar refractivity (Wildman–Crippen MR) is 119 cm³/mol. The molecule has 0 fully saturated rings. The molecule has 1 unspecified atom stereocenters. The van der Waals surface area contributed by atoms with Crippen LogP contribution in [0.15, 0.2) is 52.1 Å². The van der Waals surface area contributed by atoms with Gasteiger partial charge in [0, 0.05) is 30.3 Å². The summed E-state index contributed by atoms with van der Waals surface area (Å²) in [7, 11) is 0. The minimum atomic E-state index is -0.740. The Balaban J connectivity index is 0.00000364. The molecule has 0 aliphatic heterocycles. The van der Waals surface area contributed by atoms with Gasteiger partial charge in [0.25, 0.3) is 0 Å². The van der Waals surface area contributed by atoms with Crippen LogP contribution >= 0.6 is 35.6 Å². The number of guanidine groups is 1. The van der Waals surface area contributed by atoms with Crippen molar-refractivity contribution in [3.63, 3.8) is 0 Å². The molecular formula is C19H27ClIN3O3. The van der Waals surface area contributed by atoms with Gasteiger partial charge >= 0.3 is 0 Å². The first-order chi connectivity index (χ1) is 12.7. The van der Waals surface area contributed by atoms with Crippen LogP contribution in [0.2, 0.25) is 5.02 Å². The number of aliphatic hydroxyl groups is 1. The van der Waals surface area contributed by atoms with Crippen LogP contribution in [-0.2, 0) is 11.3 Å². The summed E-state index contributed by atoms with van der Waals surface area (Å²) >= 11 is 6.10. The quantitative estimate of drug-likeness (QED) is 0.198. The molecular weight excluding hydrogens is 481 g/mol. The van der Waals surface area contributed by atoms with Crippen molar-refractivity contribution in [2.24, 2.45) is 4.99 Å². The molecule has 0 spiro atoms. The van der Waals surface area contributed by atoms with E-state index in [2.05, 4.69) is 15.6 Å². The van der Waals surface area contributed by atoms with Crippen molar-refractivity contribution in [2.75, 3.05) is 26.2 Å². The Morgan fingerprint density at radius 3 is 2.78 bits per heavy atom. The van der Waals surface area contributed by atoms with E-state index in [1.165, 1.54) is 0 Å². The largest absolute Gasteiger partial charge is 0.467 e. The highest BCUT2D eigenvalue weighted by Crippen LogP contribution is 2.22. The van der Waals surface area contributed by atoms with E-state index in [1.54, 1.807) is 18.4 Å². The van der Waals surface area contributed by atoms with E-state index in [1.807, 2.05) is 31.2 Å². The van der Waals surface area contributed by atoms with Gasteiger partial charge < -0.3 is 24.9 Å². The molecule has 27 heavy (non-hydrogen) atoms. The smallest absolute Gasteiger partial charge is 0.191 e. The summed E-state index contributed by atoms with van der Waals surface area (Å²) in [6.07, 6.45) is 1.73. The normalized spacial score (nSPS) is 12.3. The van der Waals surface area contributed by atoms with Crippen LogP contribution in [0, 0.1) is 0 Å². The third-order valence-corrected chi connectivity index (χ3v) is 3.96. The second kappa shape index (κ2) is 13.8. The second-order valence-corrected chi connectivity index (χ2v) is 6.08. The fourth-order valence-corrected chi connectivity index (χ4v) is 2.57. The number of ether oxygens (including phenoxy) is 1. The zero-order valence-electron chi connectivity index (χ0n) is 15.4. The van der Waals surface area contributed by atoms with Gasteiger partial charge in [-0.05, 0) is 31.5 Å². The molecule has 0 aliphatic carbocycles. The van der Waals surface area contributed by atoms with Gasteiger partial charge in [-0.15, -0.1) is 24.0 Å². The Morgan fingerprint density at radius 2 is 2.07 bits per heavy atom. The number of nitrogens with zero attached hydrogens (tertiary/aromatic N) is 1. The number of benzene rings is 1. The van der Waals surface area contributed by atoms with Gasteiger partial charge in [-0.25, -0.2) is 0 Å². The molecule has 6 nitrogen and oxygen atoms in total. The first-order valence-corrected chi connectivity index (χ1v) is 9.13. The summed E-state index contributed by atoms with van der Waals surface area (Å²) in [4.78, 5) is 4.42. The van der Waals surface area contributed by atoms with Crippen molar-refractivity contribution in [1.82, 2.24) is 10.6 Å². The molecule has 3 N–H and O–H groups in total. The van der Waals surface area contributed by atoms with Crippen molar-refractivity contribution in [1.29, 1.82) is 0 Å². The zero-order chi connectivity index (χ0) is 18.6. The SMILES string of the molecule is CCNC(=NCC(O)c1ccccc1Cl)NCCCOCc1ccco1.I. The molecule has 2 aromatic rings. The Bertz CT molecular complexity index is 668. The van der Waals surface area contributed by atoms with E-state index in [0.717, 1.165) is 18.7 Å². The Labute approximate surface area is 182 Å². The molecule has 0 amide bonds. The molecule has 0 saturated heterocycles. The van der Waals surface area contributed by atoms with Crippen LogP contribution in [0.3, 0.4) is 0 Å². The summed E-state index contributed by atoms with van der Waals surface area (Å²) in [5.74, 6) is 1.48. The van der Waals surface area contributed by atoms with E-state index >= 15 is 0 Å². The van der Waals surface area contributed by atoms with Crippen molar-refractivity contribution in [3.8, 4) is 0 Å². The number of hydrogen-bond acceptors (Lipinski definition) is 4. The number of furan rings is 1. The molecule has 8 heteroatoms. The highest BCUT2D eigenvalue weighted by atomic mass is 127. The first-order valence-electron chi connectivity index (χ1n) is 8.75. The minimum Gasteiger partial charge on any atom is -0.467 e. The van der Waals surface area contributed by atoms with Gasteiger partial charge in [-0.2, -0.15) is 0 Å². The van der Waals surface area contributed by atoms with Crippen LogP contribution in [0.4, 0.5) is 0 Å². The average molecular weight is 508 g/mol. The lowest BCUT2D eigenvalue weighted by Gasteiger charge is -2.14. The molecule has 0 radical (unpaired) electrons. The number of aliphatic imine (C=N–C) groups is 1. The van der Waals surface area contributed by atoms with Crippen LogP contribution < -0.4 is 10.6 Å². The molecule has 1 aromatic heterocycles. The van der Waals surface area contributed by atoms with Crippen LogP contribution in [-0.4, -0.2) is 37.3 Å². The van der Waals surface area contributed by atoms with Crippen LogP contribution in [0.1, 0.15) is 30.8 Å². The van der Waals surface area contributed by atoms with Gasteiger partial charge in [0.1, 0.15) is 18.5 Å². The molecule has 0 saturated carbocycles. The second-order valence-electron chi connectivity index (χ2n) is 5.67. The molecule has 1 aromatic carbocycles. The Morgan fingerprint density at radius 1 is 1.26 bits per heavy atom. The maximum atomic E-state index is 10.3. The highest BCUT2D eigenvalue weighted by Gasteiger charge is 2.10. The average Bonchev–Trinajstić information content (AvgIpc) is 3.16. The van der Waals surface area contributed by atoms with Crippen LogP contribution in [0.25, 0.3) is 0 Å². The number of nitrogens with one attached hydrogen (secondary N) is 2. The zero-order valence-corrected chi connectivity index (χ0v) is 18.4. The van der Waals surface area contributed by atoms with Crippen molar-refractivity contribution >= 4 is 41.5 Å². The van der Waals surface area contributed by atoms with Gasteiger partial charge in [0.05, 0.1) is 12.8 Å². The third-order valence-electron chi connectivity index (χ3n) is 3.61. The van der Waals surface area contributed by atoms with Crippen molar-refractivity contribution in [2.45, 2.75) is 26.1 Å². The summed E-state index contributed by atoms with van der Waals surface area (Å²) in [6.45, 7) is 4.78. The molecule has 2 rings (SSSR count). The standard InChI is InChI=1S/C19H26ClN3O3.HI/c1-2-21-19(22-10-6-11-25-14-15-7-5-12-26-15)23-13-18(24)16-8-3-4-9-17(16)20;/h3-5,7-9,12,18,24H,2,6,10-11,13-14H2,1H3,(H2,21,22,23);1H. The first kappa shape index (κ1) is 23.7. The van der Waals surface area contributed by atoms with Crippen molar-refractivity contribution in [3.05, 3.63) is 59.0 Å². The number of aliphatic hydroxyl groups excluding tert-OH is 1. The van der Waals surface area contributed by atoms with Crippen LogP contribution in [0.5, 0.6) is 0 Å². The summed E-state index contributed by atoms with van der Waals surface area (Å²) < 4.78 is 10.7. The Kier molecular flexibility index (Phi) is 12.2. The molecule has 150 valence electrons. The highest BCUT2D eigenvalue weighted by molar-refractivity contribution is 14.0. The third kappa shape index (κ3) is 8.96. The monoisotopic (exact) mass is 507 g/mol. The topological polar surface area (TPSA) is 79.0 Å². The van der Waals surface area contributed by atoms with E-state index in [9.17, 15) is 5.11 Å². The summed E-state index contributed by atoms with van der Waals surface area (Å²) in [5, 5.41) is 17.2. The maximum Gasteiger partial charge on any atom is 0.191 e. The van der Waals surface area contributed by atoms with Gasteiger partial charge in [0.2, 0.25) is 0 Å². The molecule has 1 heterocycles. The van der Waals surface area contributed by atoms with E-state index < -0.39 is 6.10 Å².